The third kappa shape index (κ3) is 3.56. The maximum atomic E-state index is 12.0. The van der Waals surface area contributed by atoms with E-state index in [1.165, 1.54) is 18.4 Å². The number of piperidine rings is 1. The van der Waals surface area contributed by atoms with Crippen molar-refractivity contribution in [2.24, 2.45) is 11.3 Å². The standard InChI is InChI=1S/C18H23N5O2/c24-17(25)18(10-13-2-3-13)8-1-9-23(12-18)11-14-4-6-15(7-5-14)16-19-21-22-20-16/h4-7,13H,1-3,8-12H2,(H,24,25)(H,19,20,21,22)/t18-/m0/s1. The average molecular weight is 341 g/mol. The Labute approximate surface area is 146 Å². The second-order valence-corrected chi connectivity index (χ2v) is 7.48. The van der Waals surface area contributed by atoms with Crippen LogP contribution in [0.15, 0.2) is 24.3 Å². The Hall–Kier alpha value is -2.28. The van der Waals surface area contributed by atoms with E-state index in [4.69, 9.17) is 0 Å². The van der Waals surface area contributed by atoms with Gasteiger partial charge in [-0.3, -0.25) is 9.69 Å². The van der Waals surface area contributed by atoms with Crippen LogP contribution in [0.5, 0.6) is 0 Å². The van der Waals surface area contributed by atoms with Crippen molar-refractivity contribution < 1.29 is 9.90 Å². The molecule has 0 bridgehead atoms. The van der Waals surface area contributed by atoms with E-state index < -0.39 is 11.4 Å². The summed E-state index contributed by atoms with van der Waals surface area (Å²) >= 11 is 0. The quantitative estimate of drug-likeness (QED) is 0.837. The third-order valence-electron chi connectivity index (χ3n) is 5.45. The summed E-state index contributed by atoms with van der Waals surface area (Å²) in [4.78, 5) is 14.3. The number of aliphatic carboxylic acids is 1. The predicted molar refractivity (Wildman–Crippen MR) is 91.5 cm³/mol. The molecule has 0 amide bonds. The highest BCUT2D eigenvalue weighted by Crippen LogP contribution is 2.45. The Balaban J connectivity index is 1.44. The molecule has 0 unspecified atom stereocenters. The minimum absolute atomic E-state index is 0.552. The zero-order valence-electron chi connectivity index (χ0n) is 14.2. The zero-order chi connectivity index (χ0) is 17.3. The Morgan fingerprint density at radius 2 is 2.12 bits per heavy atom. The van der Waals surface area contributed by atoms with Crippen LogP contribution in [0, 0.1) is 11.3 Å². The highest BCUT2D eigenvalue weighted by Gasteiger charge is 2.45. The van der Waals surface area contributed by atoms with Gasteiger partial charge in [0.1, 0.15) is 0 Å². The van der Waals surface area contributed by atoms with Crippen LogP contribution < -0.4 is 0 Å². The maximum absolute atomic E-state index is 12.0. The second kappa shape index (κ2) is 6.55. The number of likely N-dealkylation sites (tertiary alicyclic amines) is 1. The molecule has 4 rings (SSSR count). The molecule has 132 valence electrons. The summed E-state index contributed by atoms with van der Waals surface area (Å²) in [6.45, 7) is 2.41. The number of rotatable bonds is 6. The van der Waals surface area contributed by atoms with Gasteiger partial charge in [-0.05, 0) is 42.5 Å². The lowest BCUT2D eigenvalue weighted by atomic mass is 9.75. The molecule has 0 spiro atoms. The molecule has 1 atom stereocenters. The first kappa shape index (κ1) is 16.2. The van der Waals surface area contributed by atoms with Gasteiger partial charge in [0.05, 0.1) is 5.41 Å². The Morgan fingerprint density at radius 3 is 2.76 bits per heavy atom. The number of carbonyl (C=O) groups is 1. The number of carboxylic acids is 1. The molecule has 1 saturated heterocycles. The Morgan fingerprint density at radius 1 is 1.32 bits per heavy atom. The van der Waals surface area contributed by atoms with Gasteiger partial charge in [0.15, 0.2) is 0 Å². The van der Waals surface area contributed by atoms with Crippen LogP contribution >= 0.6 is 0 Å². The number of tetrazole rings is 1. The van der Waals surface area contributed by atoms with Crippen LogP contribution in [0.3, 0.4) is 0 Å². The molecule has 2 heterocycles. The molecule has 2 aliphatic rings. The molecule has 2 N–H and O–H groups in total. The van der Waals surface area contributed by atoms with Crippen molar-refractivity contribution in [2.75, 3.05) is 13.1 Å². The molecular weight excluding hydrogens is 318 g/mol. The van der Waals surface area contributed by atoms with E-state index in [1.807, 2.05) is 12.1 Å². The van der Waals surface area contributed by atoms with Crippen LogP contribution in [-0.4, -0.2) is 49.7 Å². The van der Waals surface area contributed by atoms with Gasteiger partial charge >= 0.3 is 5.97 Å². The van der Waals surface area contributed by atoms with Crippen molar-refractivity contribution in [3.63, 3.8) is 0 Å². The van der Waals surface area contributed by atoms with E-state index in [0.29, 0.717) is 18.3 Å². The molecule has 2 fully saturated rings. The largest absolute Gasteiger partial charge is 0.481 e. The van der Waals surface area contributed by atoms with Gasteiger partial charge in [-0.25, -0.2) is 0 Å². The smallest absolute Gasteiger partial charge is 0.310 e. The summed E-state index contributed by atoms with van der Waals surface area (Å²) in [7, 11) is 0. The number of carboxylic acid groups (broad SMARTS) is 1. The normalized spacial score (nSPS) is 24.3. The molecular formula is C18H23N5O2. The van der Waals surface area contributed by atoms with E-state index in [9.17, 15) is 9.90 Å². The summed E-state index contributed by atoms with van der Waals surface area (Å²) in [6.07, 6.45) is 5.01. The van der Waals surface area contributed by atoms with Gasteiger partial charge in [0, 0.05) is 18.7 Å². The van der Waals surface area contributed by atoms with Crippen molar-refractivity contribution in [1.82, 2.24) is 25.5 Å². The number of aromatic amines is 1. The fraction of sp³-hybridized carbons (Fsp3) is 0.556. The number of hydrogen-bond donors (Lipinski definition) is 2. The maximum Gasteiger partial charge on any atom is 0.310 e. The fourth-order valence-electron chi connectivity index (χ4n) is 3.97. The van der Waals surface area contributed by atoms with Gasteiger partial charge in [-0.2, -0.15) is 5.21 Å². The van der Waals surface area contributed by atoms with E-state index in [1.54, 1.807) is 0 Å². The summed E-state index contributed by atoms with van der Waals surface area (Å²) in [5.74, 6) is 0.598. The van der Waals surface area contributed by atoms with Gasteiger partial charge in [0.2, 0.25) is 5.82 Å². The molecule has 7 heteroatoms. The molecule has 1 aliphatic carbocycles. The minimum atomic E-state index is -0.614. The molecule has 1 aliphatic heterocycles. The zero-order valence-corrected chi connectivity index (χ0v) is 14.2. The number of nitrogens with one attached hydrogen (secondary N) is 1. The molecule has 0 radical (unpaired) electrons. The van der Waals surface area contributed by atoms with Crippen LogP contribution in [0.4, 0.5) is 0 Å². The number of H-pyrrole nitrogens is 1. The SMILES string of the molecule is O=C(O)[C@]1(CC2CC2)CCCN(Cc2ccc(-c3nn[nH]n3)cc2)C1. The van der Waals surface area contributed by atoms with Crippen LogP contribution in [0.2, 0.25) is 0 Å². The van der Waals surface area contributed by atoms with Crippen LogP contribution in [-0.2, 0) is 11.3 Å². The van der Waals surface area contributed by atoms with Crippen molar-refractivity contribution in [3.05, 3.63) is 29.8 Å². The Kier molecular flexibility index (Phi) is 4.25. The summed E-state index contributed by atoms with van der Waals surface area (Å²) < 4.78 is 0. The summed E-state index contributed by atoms with van der Waals surface area (Å²) in [6, 6.07) is 8.09. The van der Waals surface area contributed by atoms with Crippen molar-refractivity contribution in [2.45, 2.75) is 38.6 Å². The molecule has 7 nitrogen and oxygen atoms in total. The fourth-order valence-corrected chi connectivity index (χ4v) is 3.97. The first-order chi connectivity index (χ1) is 12.1. The van der Waals surface area contributed by atoms with E-state index in [2.05, 4.69) is 37.7 Å². The lowest BCUT2D eigenvalue weighted by Crippen LogP contribution is -2.47. The van der Waals surface area contributed by atoms with E-state index >= 15 is 0 Å². The van der Waals surface area contributed by atoms with Crippen LogP contribution in [0.25, 0.3) is 11.4 Å². The van der Waals surface area contributed by atoms with Gasteiger partial charge in [-0.1, -0.05) is 37.1 Å². The number of nitrogens with zero attached hydrogens (tertiary/aromatic N) is 4. The van der Waals surface area contributed by atoms with Crippen molar-refractivity contribution in [1.29, 1.82) is 0 Å². The topological polar surface area (TPSA) is 95.0 Å². The molecule has 25 heavy (non-hydrogen) atoms. The van der Waals surface area contributed by atoms with Crippen molar-refractivity contribution >= 4 is 5.97 Å². The lowest BCUT2D eigenvalue weighted by molar-refractivity contribution is -0.153. The highest BCUT2D eigenvalue weighted by atomic mass is 16.4. The average Bonchev–Trinajstić information content (AvgIpc) is 3.24. The molecule has 2 aromatic rings. The van der Waals surface area contributed by atoms with Gasteiger partial charge < -0.3 is 5.11 Å². The Bertz CT molecular complexity index is 726. The second-order valence-electron chi connectivity index (χ2n) is 7.48. The third-order valence-corrected chi connectivity index (χ3v) is 5.45. The van der Waals surface area contributed by atoms with E-state index in [-0.39, 0.29) is 0 Å². The monoisotopic (exact) mass is 341 g/mol. The minimum Gasteiger partial charge on any atom is -0.481 e. The van der Waals surface area contributed by atoms with Gasteiger partial charge in [0.25, 0.3) is 0 Å². The number of hydrogen-bond acceptors (Lipinski definition) is 5. The number of benzene rings is 1. The summed E-state index contributed by atoms with van der Waals surface area (Å²) in [5, 5.41) is 23.8. The van der Waals surface area contributed by atoms with Crippen molar-refractivity contribution in [3.8, 4) is 11.4 Å². The molecule has 1 aromatic heterocycles. The first-order valence-electron chi connectivity index (χ1n) is 8.93. The molecule has 1 saturated carbocycles. The first-order valence-corrected chi connectivity index (χ1v) is 8.93. The molecule has 1 aromatic carbocycles. The van der Waals surface area contributed by atoms with E-state index in [0.717, 1.165) is 37.9 Å². The number of aromatic nitrogens is 4. The lowest BCUT2D eigenvalue weighted by Gasteiger charge is -2.40. The van der Waals surface area contributed by atoms with Gasteiger partial charge in [-0.15, -0.1) is 10.2 Å². The predicted octanol–water partition coefficient (Wildman–Crippen LogP) is 2.33. The highest BCUT2D eigenvalue weighted by molar-refractivity contribution is 5.75. The summed E-state index contributed by atoms with van der Waals surface area (Å²) in [5.41, 5.74) is 1.55. The van der Waals surface area contributed by atoms with Crippen LogP contribution in [0.1, 0.15) is 37.7 Å².